The van der Waals surface area contributed by atoms with Crippen molar-refractivity contribution in [3.05, 3.63) is 17.5 Å². The fourth-order valence-electron chi connectivity index (χ4n) is 2.71. The highest BCUT2D eigenvalue weighted by Crippen LogP contribution is 2.23. The van der Waals surface area contributed by atoms with Crippen LogP contribution in [0, 0.1) is 12.8 Å². The highest BCUT2D eigenvalue weighted by molar-refractivity contribution is 5.76. The average molecular weight is 280 g/mol. The molecule has 2 atom stereocenters. The number of carbonyl (C=O) groups is 1. The lowest BCUT2D eigenvalue weighted by atomic mass is 10.0. The summed E-state index contributed by atoms with van der Waals surface area (Å²) in [4.78, 5) is 13.8. The minimum Gasteiger partial charge on any atom is -0.391 e. The summed E-state index contributed by atoms with van der Waals surface area (Å²) < 4.78 is 5.19. The first-order valence-electron chi connectivity index (χ1n) is 7.48. The number of rotatable bonds is 6. The smallest absolute Gasteiger partial charge is 0.222 e. The Balaban J connectivity index is 1.83. The van der Waals surface area contributed by atoms with Crippen molar-refractivity contribution in [1.82, 2.24) is 10.1 Å². The minimum absolute atomic E-state index is 0.0532. The highest BCUT2D eigenvalue weighted by atomic mass is 16.5. The molecule has 2 rings (SSSR count). The number of aryl methyl sites for hydroxylation is 1. The minimum atomic E-state index is -0.462. The van der Waals surface area contributed by atoms with Crippen LogP contribution < -0.4 is 0 Å². The SMILES string of the molecule is CCCCCC(=O)N1C[C@@H](Cc2cc(C)no2)[C@H](O)C1. The molecule has 1 aromatic rings. The number of β-amino-alcohol motifs (C(OH)–C–C–N with tert-alkyl or cyclic N) is 1. The number of amides is 1. The Kier molecular flexibility index (Phi) is 5.17. The number of aliphatic hydroxyl groups is 1. The molecule has 1 aliphatic rings. The molecule has 0 bridgehead atoms. The molecule has 0 aliphatic carbocycles. The fourth-order valence-corrected chi connectivity index (χ4v) is 2.71. The first kappa shape index (κ1) is 15.0. The van der Waals surface area contributed by atoms with E-state index in [0.29, 0.717) is 25.9 Å². The van der Waals surface area contributed by atoms with E-state index in [1.165, 1.54) is 0 Å². The van der Waals surface area contributed by atoms with Gasteiger partial charge in [0.05, 0.1) is 11.8 Å². The summed E-state index contributed by atoms with van der Waals surface area (Å²) in [6.45, 7) is 5.07. The molecule has 5 nitrogen and oxygen atoms in total. The van der Waals surface area contributed by atoms with Crippen LogP contribution in [0.2, 0.25) is 0 Å². The summed E-state index contributed by atoms with van der Waals surface area (Å²) in [7, 11) is 0. The van der Waals surface area contributed by atoms with Crippen molar-refractivity contribution in [3.63, 3.8) is 0 Å². The number of unbranched alkanes of at least 4 members (excludes halogenated alkanes) is 2. The van der Waals surface area contributed by atoms with Gasteiger partial charge in [-0.2, -0.15) is 0 Å². The molecular formula is C15H24N2O3. The number of likely N-dealkylation sites (tertiary alicyclic amines) is 1. The van der Waals surface area contributed by atoms with E-state index in [4.69, 9.17) is 4.52 Å². The van der Waals surface area contributed by atoms with E-state index in [0.717, 1.165) is 30.7 Å². The van der Waals surface area contributed by atoms with Gasteiger partial charge in [-0.05, 0) is 13.3 Å². The molecule has 1 fully saturated rings. The molecule has 5 heteroatoms. The predicted molar refractivity (Wildman–Crippen MR) is 75.2 cm³/mol. The van der Waals surface area contributed by atoms with Crippen LogP contribution in [0.5, 0.6) is 0 Å². The number of aromatic nitrogens is 1. The van der Waals surface area contributed by atoms with Crippen LogP contribution in [0.15, 0.2) is 10.6 Å². The standard InChI is InChI=1S/C15H24N2O3/c1-3-4-5-6-15(19)17-9-12(14(18)10-17)8-13-7-11(2)16-20-13/h7,12,14,18H,3-6,8-10H2,1-2H3/t12-,14-/m1/s1. The maximum atomic E-state index is 12.0. The van der Waals surface area contributed by atoms with Gasteiger partial charge in [0.15, 0.2) is 0 Å². The maximum Gasteiger partial charge on any atom is 0.222 e. The number of aliphatic hydroxyl groups excluding tert-OH is 1. The van der Waals surface area contributed by atoms with E-state index in [1.54, 1.807) is 4.90 Å². The van der Waals surface area contributed by atoms with Crippen molar-refractivity contribution in [1.29, 1.82) is 0 Å². The summed E-state index contributed by atoms with van der Waals surface area (Å²) in [5.74, 6) is 0.998. The van der Waals surface area contributed by atoms with Gasteiger partial charge >= 0.3 is 0 Å². The van der Waals surface area contributed by atoms with Crippen molar-refractivity contribution in [2.45, 2.75) is 52.1 Å². The number of carbonyl (C=O) groups excluding carboxylic acids is 1. The zero-order valence-electron chi connectivity index (χ0n) is 12.3. The molecular weight excluding hydrogens is 256 g/mol. The van der Waals surface area contributed by atoms with E-state index < -0.39 is 6.10 Å². The van der Waals surface area contributed by atoms with E-state index >= 15 is 0 Å². The molecule has 112 valence electrons. The molecule has 0 radical (unpaired) electrons. The first-order valence-corrected chi connectivity index (χ1v) is 7.48. The van der Waals surface area contributed by atoms with Gasteiger partial charge < -0.3 is 14.5 Å². The molecule has 1 N–H and O–H groups in total. The van der Waals surface area contributed by atoms with Crippen molar-refractivity contribution in [2.75, 3.05) is 13.1 Å². The van der Waals surface area contributed by atoms with Crippen LogP contribution in [0.4, 0.5) is 0 Å². The quantitative estimate of drug-likeness (QED) is 0.809. The fraction of sp³-hybridized carbons (Fsp3) is 0.733. The molecule has 0 spiro atoms. The lowest BCUT2D eigenvalue weighted by Crippen LogP contribution is -2.29. The lowest BCUT2D eigenvalue weighted by Gasteiger charge is -2.15. The number of hydrogen-bond acceptors (Lipinski definition) is 4. The van der Waals surface area contributed by atoms with Crippen LogP contribution in [0.3, 0.4) is 0 Å². The van der Waals surface area contributed by atoms with E-state index in [2.05, 4.69) is 12.1 Å². The second-order valence-electron chi connectivity index (χ2n) is 5.72. The van der Waals surface area contributed by atoms with Crippen LogP contribution >= 0.6 is 0 Å². The molecule has 1 saturated heterocycles. The lowest BCUT2D eigenvalue weighted by molar-refractivity contribution is -0.130. The van der Waals surface area contributed by atoms with Crippen molar-refractivity contribution in [2.24, 2.45) is 5.92 Å². The van der Waals surface area contributed by atoms with Crippen LogP contribution in [0.1, 0.15) is 44.1 Å². The van der Waals surface area contributed by atoms with Crippen molar-refractivity contribution in [3.8, 4) is 0 Å². The van der Waals surface area contributed by atoms with Gasteiger partial charge in [-0.15, -0.1) is 0 Å². The molecule has 2 heterocycles. The van der Waals surface area contributed by atoms with Gasteiger partial charge in [0.25, 0.3) is 0 Å². The zero-order chi connectivity index (χ0) is 14.5. The Morgan fingerprint density at radius 3 is 2.95 bits per heavy atom. The third-order valence-corrected chi connectivity index (χ3v) is 3.89. The maximum absolute atomic E-state index is 12.0. The molecule has 20 heavy (non-hydrogen) atoms. The van der Waals surface area contributed by atoms with Gasteiger partial charge in [-0.3, -0.25) is 4.79 Å². The van der Waals surface area contributed by atoms with Gasteiger partial charge in [-0.1, -0.05) is 24.9 Å². The monoisotopic (exact) mass is 280 g/mol. The molecule has 0 saturated carbocycles. The predicted octanol–water partition coefficient (Wildman–Crippen LogP) is 1.93. The Labute approximate surface area is 119 Å². The first-order chi connectivity index (χ1) is 9.60. The Morgan fingerprint density at radius 2 is 2.30 bits per heavy atom. The normalized spacial score (nSPS) is 22.4. The Morgan fingerprint density at radius 1 is 1.50 bits per heavy atom. The average Bonchev–Trinajstić information content (AvgIpc) is 2.97. The number of hydrogen-bond donors (Lipinski definition) is 1. The molecule has 1 aromatic heterocycles. The molecule has 1 amide bonds. The van der Waals surface area contributed by atoms with Crippen molar-refractivity contribution >= 4 is 5.91 Å². The topological polar surface area (TPSA) is 66.6 Å². The largest absolute Gasteiger partial charge is 0.391 e. The van der Waals surface area contributed by atoms with Crippen LogP contribution in [0.25, 0.3) is 0 Å². The third-order valence-electron chi connectivity index (χ3n) is 3.89. The van der Waals surface area contributed by atoms with Gasteiger partial charge in [0, 0.05) is 37.9 Å². The third kappa shape index (κ3) is 3.82. The van der Waals surface area contributed by atoms with Gasteiger partial charge in [0.2, 0.25) is 5.91 Å². The summed E-state index contributed by atoms with van der Waals surface area (Å²) in [6, 6.07) is 1.89. The van der Waals surface area contributed by atoms with E-state index in [1.807, 2.05) is 13.0 Å². The van der Waals surface area contributed by atoms with Crippen LogP contribution in [-0.2, 0) is 11.2 Å². The zero-order valence-corrected chi connectivity index (χ0v) is 12.3. The Hall–Kier alpha value is -1.36. The second-order valence-corrected chi connectivity index (χ2v) is 5.72. The summed E-state index contributed by atoms with van der Waals surface area (Å²) >= 11 is 0. The van der Waals surface area contributed by atoms with E-state index in [9.17, 15) is 9.90 Å². The van der Waals surface area contributed by atoms with Crippen molar-refractivity contribution < 1.29 is 14.4 Å². The number of nitrogens with zero attached hydrogens (tertiary/aromatic N) is 2. The van der Waals surface area contributed by atoms with E-state index in [-0.39, 0.29) is 11.8 Å². The highest BCUT2D eigenvalue weighted by Gasteiger charge is 2.34. The summed E-state index contributed by atoms with van der Waals surface area (Å²) in [5.41, 5.74) is 0.847. The molecule has 0 aromatic carbocycles. The van der Waals surface area contributed by atoms with Crippen LogP contribution in [-0.4, -0.2) is 40.3 Å². The second kappa shape index (κ2) is 6.88. The summed E-state index contributed by atoms with van der Waals surface area (Å²) in [6.07, 6.45) is 3.91. The molecule has 1 aliphatic heterocycles. The molecule has 0 unspecified atom stereocenters. The van der Waals surface area contributed by atoms with Gasteiger partial charge in [0.1, 0.15) is 5.76 Å². The summed E-state index contributed by atoms with van der Waals surface area (Å²) in [5, 5.41) is 13.9. The van der Waals surface area contributed by atoms with Gasteiger partial charge in [-0.25, -0.2) is 0 Å². The Bertz CT molecular complexity index is 444.